The van der Waals surface area contributed by atoms with Gasteiger partial charge in [-0.2, -0.15) is 13.2 Å². The Hall–Kier alpha value is -4.60. The summed E-state index contributed by atoms with van der Waals surface area (Å²) in [6.45, 7) is 1.37. The molecule has 0 unspecified atom stereocenters. The second-order valence-corrected chi connectivity index (χ2v) is 16.0. The lowest BCUT2D eigenvalue weighted by molar-refractivity contribution is -0.137. The van der Waals surface area contributed by atoms with Gasteiger partial charge < -0.3 is 19.8 Å². The predicted molar refractivity (Wildman–Crippen MR) is 190 cm³/mol. The third-order valence-corrected chi connectivity index (χ3v) is 13.3. The van der Waals surface area contributed by atoms with Crippen LogP contribution in [0.5, 0.6) is 5.75 Å². The van der Waals surface area contributed by atoms with Crippen molar-refractivity contribution in [2.45, 2.75) is 35.7 Å². The van der Waals surface area contributed by atoms with Gasteiger partial charge in [0.1, 0.15) is 5.75 Å². The number of nitrogens with one attached hydrogen (secondary N) is 2. The summed E-state index contributed by atoms with van der Waals surface area (Å²) in [4.78, 5) is 70.8. The summed E-state index contributed by atoms with van der Waals surface area (Å²) in [5.41, 5.74) is 0.297. The van der Waals surface area contributed by atoms with Crippen molar-refractivity contribution >= 4 is 69.8 Å². The zero-order valence-electron chi connectivity index (χ0n) is 27.6. The lowest BCUT2D eigenvalue weighted by Gasteiger charge is -2.43. The molecular weight excluding hydrogens is 755 g/mol. The van der Waals surface area contributed by atoms with Gasteiger partial charge in [-0.05, 0) is 91.8 Å². The molecule has 3 heterocycles. The fourth-order valence-corrected chi connectivity index (χ4v) is 11.6. The molecule has 8 rings (SSSR count). The number of aromatic nitrogens is 1. The number of thiazole rings is 1. The summed E-state index contributed by atoms with van der Waals surface area (Å²) in [5, 5.41) is 3.32. The number of esters is 1. The maximum absolute atomic E-state index is 14.2. The number of thioether (sulfide) groups is 1. The van der Waals surface area contributed by atoms with Crippen molar-refractivity contribution in [1.29, 1.82) is 0 Å². The van der Waals surface area contributed by atoms with Gasteiger partial charge in [0.2, 0.25) is 11.8 Å². The minimum Gasteiger partial charge on any atom is -0.483 e. The highest BCUT2D eigenvalue weighted by molar-refractivity contribution is 8.00. The number of amides is 3. The van der Waals surface area contributed by atoms with E-state index in [1.54, 1.807) is 37.3 Å². The molecule has 0 radical (unpaired) electrons. The van der Waals surface area contributed by atoms with Crippen molar-refractivity contribution in [1.82, 2.24) is 4.98 Å². The molecule has 7 atom stereocenters. The first-order valence-electron chi connectivity index (χ1n) is 16.8. The molecule has 3 fully saturated rings. The monoisotopic (exact) mass is 783 g/mol. The van der Waals surface area contributed by atoms with Crippen LogP contribution in [0.2, 0.25) is 5.02 Å². The number of hydrogen-bond acceptors (Lipinski definition) is 9. The first-order chi connectivity index (χ1) is 25.3. The van der Waals surface area contributed by atoms with Crippen LogP contribution in [-0.4, -0.2) is 47.1 Å². The summed E-state index contributed by atoms with van der Waals surface area (Å²) in [6, 6.07) is 15.3. The zero-order valence-corrected chi connectivity index (χ0v) is 30.0. The maximum atomic E-state index is 14.2. The van der Waals surface area contributed by atoms with E-state index in [1.807, 2.05) is 0 Å². The molecule has 3 aromatic carbocycles. The third-order valence-electron chi connectivity index (χ3n) is 10.5. The van der Waals surface area contributed by atoms with Crippen molar-refractivity contribution in [3.8, 4) is 5.75 Å². The van der Waals surface area contributed by atoms with E-state index in [4.69, 9.17) is 21.1 Å². The van der Waals surface area contributed by atoms with Crippen molar-refractivity contribution in [2.75, 3.05) is 23.4 Å². The number of carbonyl (C=O) groups excluding carboxylic acids is 4. The van der Waals surface area contributed by atoms with Crippen LogP contribution in [-0.2, 0) is 25.3 Å². The Balaban J connectivity index is 1.09. The van der Waals surface area contributed by atoms with E-state index in [9.17, 15) is 37.1 Å². The number of ether oxygens (including phenoxy) is 2. The molecule has 3 amide bonds. The van der Waals surface area contributed by atoms with Crippen LogP contribution in [0.4, 0.5) is 24.5 Å². The van der Waals surface area contributed by atoms with Gasteiger partial charge >= 0.3 is 17.0 Å². The van der Waals surface area contributed by atoms with Crippen LogP contribution in [0, 0.1) is 29.6 Å². The number of alkyl halides is 3. The summed E-state index contributed by atoms with van der Waals surface area (Å²) < 4.78 is 50.8. The molecule has 16 heteroatoms. The van der Waals surface area contributed by atoms with Crippen molar-refractivity contribution in [3.63, 3.8) is 0 Å². The molecule has 4 aromatic rings. The van der Waals surface area contributed by atoms with Gasteiger partial charge in [0, 0.05) is 32.3 Å². The number of anilines is 2. The van der Waals surface area contributed by atoms with Crippen molar-refractivity contribution < 1.29 is 41.8 Å². The molecule has 4 aliphatic rings. The SMILES string of the molecule is CCOC(=O)c1ccc(N2C(=O)[C@H]3[C@H]4C[C@@H]([C@@H]3C2=O)[C@@H]2[C@H](c3cc(Cl)ccc3OCC(=O)Nc3cccc(C(F)(F)F)c3)c3sc(=O)[nH]c3S[C@H]42)cc1. The van der Waals surface area contributed by atoms with Crippen molar-refractivity contribution in [2.24, 2.45) is 29.6 Å². The van der Waals surface area contributed by atoms with E-state index in [1.165, 1.54) is 40.9 Å². The molecule has 1 saturated heterocycles. The third kappa shape index (κ3) is 6.11. The highest BCUT2D eigenvalue weighted by atomic mass is 35.5. The number of rotatable bonds is 8. The molecular formula is C37H29ClF3N3O7S2. The topological polar surface area (TPSA) is 135 Å². The van der Waals surface area contributed by atoms with Crippen LogP contribution in [0.1, 0.15) is 45.6 Å². The highest BCUT2D eigenvalue weighted by Gasteiger charge is 2.70. The fraction of sp³-hybridized carbons (Fsp3) is 0.324. The molecule has 2 bridgehead atoms. The average molecular weight is 784 g/mol. The lowest BCUT2D eigenvalue weighted by atomic mass is 9.68. The molecule has 2 saturated carbocycles. The number of H-pyrrole nitrogens is 1. The average Bonchev–Trinajstić information content (AvgIpc) is 3.86. The van der Waals surface area contributed by atoms with Gasteiger partial charge in [0.15, 0.2) is 6.61 Å². The summed E-state index contributed by atoms with van der Waals surface area (Å²) in [6.07, 6.45) is -3.96. The second-order valence-electron chi connectivity index (χ2n) is 13.3. The second kappa shape index (κ2) is 13.4. The largest absolute Gasteiger partial charge is 0.483 e. The molecule has 10 nitrogen and oxygen atoms in total. The lowest BCUT2D eigenvalue weighted by Crippen LogP contribution is -2.42. The van der Waals surface area contributed by atoms with Crippen LogP contribution in [0.3, 0.4) is 0 Å². The number of benzene rings is 3. The first-order valence-corrected chi connectivity index (χ1v) is 18.9. The number of aromatic amines is 1. The Morgan fingerprint density at radius 1 is 1.00 bits per heavy atom. The number of carbonyl (C=O) groups is 4. The van der Waals surface area contributed by atoms with Crippen LogP contribution in [0.15, 0.2) is 76.6 Å². The van der Waals surface area contributed by atoms with Crippen LogP contribution < -0.4 is 19.8 Å². The Labute approximate surface area is 313 Å². The predicted octanol–water partition coefficient (Wildman–Crippen LogP) is 6.98. The first kappa shape index (κ1) is 35.4. The zero-order chi connectivity index (χ0) is 37.3. The van der Waals surface area contributed by atoms with Gasteiger partial charge in [-0.1, -0.05) is 29.0 Å². The van der Waals surface area contributed by atoms with Gasteiger partial charge in [-0.25, -0.2) is 4.79 Å². The van der Waals surface area contributed by atoms with E-state index < -0.39 is 48.0 Å². The smallest absolute Gasteiger partial charge is 0.416 e. The normalized spacial score (nSPS) is 25.5. The number of nitrogens with zero attached hydrogens (tertiary/aromatic N) is 1. The Morgan fingerprint density at radius 2 is 1.74 bits per heavy atom. The van der Waals surface area contributed by atoms with Gasteiger partial charge in [0.25, 0.3) is 5.91 Å². The number of fused-ring (bicyclic) bond motifs is 9. The summed E-state index contributed by atoms with van der Waals surface area (Å²) >= 11 is 9.09. The van der Waals surface area contributed by atoms with Crippen LogP contribution in [0.25, 0.3) is 0 Å². The number of halogens is 4. The van der Waals surface area contributed by atoms with E-state index in [-0.39, 0.29) is 57.7 Å². The van der Waals surface area contributed by atoms with Crippen LogP contribution >= 0.6 is 34.7 Å². The highest BCUT2D eigenvalue weighted by Crippen LogP contribution is 2.69. The molecule has 2 N–H and O–H groups in total. The fourth-order valence-electron chi connectivity index (χ4n) is 8.59. The van der Waals surface area contributed by atoms with Gasteiger partial charge in [0.05, 0.1) is 40.3 Å². The molecule has 0 spiro atoms. The number of hydrogen-bond donors (Lipinski definition) is 2. The molecule has 1 aromatic heterocycles. The Morgan fingerprint density at radius 3 is 2.45 bits per heavy atom. The maximum Gasteiger partial charge on any atom is 0.416 e. The van der Waals surface area contributed by atoms with Crippen molar-refractivity contribution in [3.05, 3.63) is 103 Å². The quantitative estimate of drug-likeness (QED) is 0.145. The molecule has 274 valence electrons. The minimum absolute atomic E-state index is 0.0464. The standard InChI is InChI=1S/C37H29ClF3N3O7S2/c1-2-50-35(48)16-6-9-20(10-7-16)44-33(46)28-22-14-23(29(28)34(44)47)30-27(22)26(31-32(52-30)43-36(49)53-31)21-13-18(38)8-11-24(21)51-15-25(45)42-19-5-3-4-17(12-19)37(39,40)41/h3-13,22-23,26-30H,2,14-15H2,1H3,(H,42,45)(H,43,49)/t22-,23-,26+,27-,28+,29+,30-/m1/s1. The van der Waals surface area contributed by atoms with E-state index in [0.29, 0.717) is 33.3 Å². The number of imide groups is 1. The van der Waals surface area contributed by atoms with E-state index in [0.717, 1.165) is 28.3 Å². The molecule has 2 aliphatic heterocycles. The minimum atomic E-state index is -4.58. The van der Waals surface area contributed by atoms with E-state index >= 15 is 0 Å². The Bertz CT molecular complexity index is 2230. The molecule has 53 heavy (non-hydrogen) atoms. The summed E-state index contributed by atoms with van der Waals surface area (Å²) in [5.74, 6) is -3.83. The molecule has 2 aliphatic carbocycles. The van der Waals surface area contributed by atoms with Gasteiger partial charge in [-0.3, -0.25) is 24.1 Å². The Kier molecular flexibility index (Phi) is 8.93. The van der Waals surface area contributed by atoms with E-state index in [2.05, 4.69) is 10.3 Å². The summed E-state index contributed by atoms with van der Waals surface area (Å²) in [7, 11) is 0. The van der Waals surface area contributed by atoms with Gasteiger partial charge in [-0.15, -0.1) is 11.8 Å².